The van der Waals surface area contributed by atoms with Gasteiger partial charge in [-0.15, -0.1) is 11.3 Å². The molecule has 1 fully saturated rings. The Bertz CT molecular complexity index is 971. The second kappa shape index (κ2) is 6.84. The molecule has 27 heavy (non-hydrogen) atoms. The van der Waals surface area contributed by atoms with Crippen LogP contribution in [0.5, 0.6) is 0 Å². The number of thiophene rings is 1. The summed E-state index contributed by atoms with van der Waals surface area (Å²) in [5.41, 5.74) is 2.46. The second-order valence-corrected chi connectivity index (χ2v) is 8.72. The van der Waals surface area contributed by atoms with Crippen molar-refractivity contribution in [3.63, 3.8) is 0 Å². The van der Waals surface area contributed by atoms with Crippen molar-refractivity contribution in [1.82, 2.24) is 15.0 Å². The van der Waals surface area contributed by atoms with Gasteiger partial charge in [0.15, 0.2) is 5.82 Å². The lowest BCUT2D eigenvalue weighted by molar-refractivity contribution is 0.0497. The number of aromatic nitrogens is 3. The lowest BCUT2D eigenvalue weighted by Crippen LogP contribution is -2.44. The highest BCUT2D eigenvalue weighted by atomic mass is 32.1. The van der Waals surface area contributed by atoms with Gasteiger partial charge in [-0.05, 0) is 49.3 Å². The van der Waals surface area contributed by atoms with Crippen molar-refractivity contribution >= 4 is 27.4 Å². The van der Waals surface area contributed by atoms with E-state index in [4.69, 9.17) is 14.7 Å². The fourth-order valence-corrected chi connectivity index (χ4v) is 5.62. The van der Waals surface area contributed by atoms with Crippen molar-refractivity contribution in [3.8, 4) is 11.4 Å². The normalized spacial score (nSPS) is 22.4. The Balaban J connectivity index is 1.67. The molecule has 2 aliphatic rings. The first-order valence-corrected chi connectivity index (χ1v) is 10.6. The summed E-state index contributed by atoms with van der Waals surface area (Å²) in [5, 5.41) is 1.28. The summed E-state index contributed by atoms with van der Waals surface area (Å²) < 4.78 is 5.76. The molecular formula is C21H24N4OS. The first-order valence-electron chi connectivity index (χ1n) is 9.75. The van der Waals surface area contributed by atoms with E-state index in [-0.39, 0.29) is 6.10 Å². The predicted octanol–water partition coefficient (Wildman–Crippen LogP) is 4.10. The predicted molar refractivity (Wildman–Crippen MR) is 109 cm³/mol. The van der Waals surface area contributed by atoms with E-state index in [1.165, 1.54) is 28.7 Å². The molecular weight excluding hydrogens is 356 g/mol. The summed E-state index contributed by atoms with van der Waals surface area (Å²) in [6, 6.07) is 3.98. The number of ether oxygens (including phenoxy) is 1. The van der Waals surface area contributed by atoms with Crippen LogP contribution in [-0.4, -0.2) is 41.3 Å². The molecule has 0 aromatic carbocycles. The Morgan fingerprint density at radius 1 is 1.26 bits per heavy atom. The van der Waals surface area contributed by atoms with E-state index in [2.05, 4.69) is 16.8 Å². The van der Waals surface area contributed by atoms with Crippen LogP contribution in [0.4, 0.5) is 5.82 Å². The van der Waals surface area contributed by atoms with Crippen molar-refractivity contribution in [1.29, 1.82) is 0 Å². The zero-order valence-corrected chi connectivity index (χ0v) is 16.6. The summed E-state index contributed by atoms with van der Waals surface area (Å²) in [6.45, 7) is 4.19. The maximum atomic E-state index is 5.76. The van der Waals surface area contributed by atoms with Crippen LogP contribution in [0.1, 0.15) is 30.2 Å². The van der Waals surface area contributed by atoms with Crippen LogP contribution in [0.2, 0.25) is 0 Å². The minimum atomic E-state index is 0.247. The van der Waals surface area contributed by atoms with E-state index in [1.807, 2.05) is 36.8 Å². The van der Waals surface area contributed by atoms with Crippen LogP contribution in [0, 0.1) is 5.92 Å². The number of rotatable bonds is 3. The number of hydrogen-bond donors (Lipinski definition) is 0. The van der Waals surface area contributed by atoms with Gasteiger partial charge in [0.2, 0.25) is 0 Å². The molecule has 5 nitrogen and oxygen atoms in total. The molecule has 2 unspecified atom stereocenters. The summed E-state index contributed by atoms with van der Waals surface area (Å²) in [4.78, 5) is 19.3. The zero-order valence-electron chi connectivity index (χ0n) is 15.8. The molecule has 3 aromatic rings. The number of hydrogen-bond acceptors (Lipinski definition) is 6. The first-order chi connectivity index (χ1) is 13.2. The lowest BCUT2D eigenvalue weighted by atomic mass is 9.95. The third kappa shape index (κ3) is 2.91. The number of nitrogens with zero attached hydrogens (tertiary/aromatic N) is 4. The number of aryl methyl sites for hydroxylation is 2. The van der Waals surface area contributed by atoms with E-state index >= 15 is 0 Å². The summed E-state index contributed by atoms with van der Waals surface area (Å²) in [5.74, 6) is 2.44. The van der Waals surface area contributed by atoms with Crippen LogP contribution in [0.15, 0.2) is 24.5 Å². The average molecular weight is 381 g/mol. The first kappa shape index (κ1) is 17.1. The highest BCUT2D eigenvalue weighted by Gasteiger charge is 2.30. The van der Waals surface area contributed by atoms with Gasteiger partial charge >= 0.3 is 0 Å². The number of anilines is 1. The minimum Gasteiger partial charge on any atom is -0.379 e. The second-order valence-electron chi connectivity index (χ2n) is 7.64. The highest BCUT2D eigenvalue weighted by molar-refractivity contribution is 7.19. The van der Waals surface area contributed by atoms with Gasteiger partial charge in [-0.1, -0.05) is 6.92 Å². The summed E-state index contributed by atoms with van der Waals surface area (Å²) >= 11 is 1.85. The monoisotopic (exact) mass is 380 g/mol. The standard InChI is InChI=1S/C21H24N4OS/c1-13-8-10-25(12-16(13)26-2)20-18-15-6-3-7-17(15)27-21(18)24-19(23-20)14-5-4-9-22-11-14/h4-5,9,11,13,16H,3,6-8,10,12H2,1-2H3. The van der Waals surface area contributed by atoms with Crippen LogP contribution in [0.3, 0.4) is 0 Å². The van der Waals surface area contributed by atoms with Gasteiger partial charge in [0.05, 0.1) is 11.5 Å². The topological polar surface area (TPSA) is 51.1 Å². The number of methoxy groups -OCH3 is 1. The maximum absolute atomic E-state index is 5.76. The number of piperidine rings is 1. The summed E-state index contributed by atoms with van der Waals surface area (Å²) in [6.07, 6.45) is 8.58. The van der Waals surface area contributed by atoms with Crippen LogP contribution < -0.4 is 4.90 Å². The van der Waals surface area contributed by atoms with Gasteiger partial charge in [-0.25, -0.2) is 9.97 Å². The Labute approximate surface area is 163 Å². The van der Waals surface area contributed by atoms with Crippen molar-refractivity contribution < 1.29 is 4.74 Å². The third-order valence-corrected chi connectivity index (χ3v) is 7.14. The van der Waals surface area contributed by atoms with Crippen LogP contribution in [0.25, 0.3) is 21.6 Å². The number of pyridine rings is 1. The van der Waals surface area contributed by atoms with Gasteiger partial charge in [0, 0.05) is 43.0 Å². The molecule has 4 heterocycles. The van der Waals surface area contributed by atoms with Crippen molar-refractivity contribution in [3.05, 3.63) is 35.0 Å². The molecule has 1 saturated heterocycles. The fourth-order valence-electron chi connectivity index (χ4n) is 4.36. The molecule has 5 rings (SSSR count). The van der Waals surface area contributed by atoms with Crippen molar-refractivity contribution in [2.24, 2.45) is 5.92 Å². The average Bonchev–Trinajstić information content (AvgIpc) is 3.29. The quantitative estimate of drug-likeness (QED) is 0.685. The van der Waals surface area contributed by atoms with Crippen LogP contribution in [-0.2, 0) is 17.6 Å². The molecule has 0 spiro atoms. The third-order valence-electron chi connectivity index (χ3n) is 5.96. The van der Waals surface area contributed by atoms with E-state index < -0.39 is 0 Å². The molecule has 1 aliphatic carbocycles. The van der Waals surface area contributed by atoms with E-state index in [9.17, 15) is 0 Å². The van der Waals surface area contributed by atoms with Gasteiger partial charge in [0.25, 0.3) is 0 Å². The van der Waals surface area contributed by atoms with E-state index in [0.29, 0.717) is 5.92 Å². The Morgan fingerprint density at radius 3 is 3.00 bits per heavy atom. The Hall–Kier alpha value is -2.05. The molecule has 2 atom stereocenters. The maximum Gasteiger partial charge on any atom is 0.164 e. The highest BCUT2D eigenvalue weighted by Crippen LogP contribution is 2.42. The lowest BCUT2D eigenvalue weighted by Gasteiger charge is -2.37. The molecule has 0 bridgehead atoms. The fraction of sp³-hybridized carbons (Fsp3) is 0.476. The van der Waals surface area contributed by atoms with Gasteiger partial charge in [-0.2, -0.15) is 0 Å². The molecule has 6 heteroatoms. The molecule has 0 N–H and O–H groups in total. The van der Waals surface area contributed by atoms with Gasteiger partial charge < -0.3 is 9.64 Å². The minimum absolute atomic E-state index is 0.247. The van der Waals surface area contributed by atoms with E-state index in [0.717, 1.165) is 48.0 Å². The summed E-state index contributed by atoms with van der Waals surface area (Å²) in [7, 11) is 1.82. The van der Waals surface area contributed by atoms with Gasteiger partial charge in [-0.3, -0.25) is 4.98 Å². The molecule has 0 saturated carbocycles. The number of fused-ring (bicyclic) bond motifs is 3. The molecule has 140 valence electrons. The molecule has 3 aromatic heterocycles. The molecule has 0 amide bonds. The SMILES string of the molecule is COC1CN(c2nc(-c3cccnc3)nc3sc4c(c23)CCC4)CCC1C. The van der Waals surface area contributed by atoms with Gasteiger partial charge in [0.1, 0.15) is 10.6 Å². The largest absolute Gasteiger partial charge is 0.379 e. The molecule has 0 radical (unpaired) electrons. The smallest absolute Gasteiger partial charge is 0.164 e. The van der Waals surface area contributed by atoms with Crippen molar-refractivity contribution in [2.45, 2.75) is 38.7 Å². The Morgan fingerprint density at radius 2 is 2.19 bits per heavy atom. The van der Waals surface area contributed by atoms with Crippen molar-refractivity contribution in [2.75, 3.05) is 25.1 Å². The Kier molecular flexibility index (Phi) is 4.32. The van der Waals surface area contributed by atoms with Crippen LogP contribution >= 0.6 is 11.3 Å². The molecule has 1 aliphatic heterocycles. The zero-order chi connectivity index (χ0) is 18.4. The van der Waals surface area contributed by atoms with E-state index in [1.54, 1.807) is 6.20 Å².